The van der Waals surface area contributed by atoms with E-state index in [1.165, 1.54) is 6.92 Å². The molecule has 8 nitrogen and oxygen atoms in total. The van der Waals surface area contributed by atoms with Crippen LogP contribution in [0.5, 0.6) is 5.75 Å². The Morgan fingerprint density at radius 2 is 2.06 bits per heavy atom. The normalized spacial score (nSPS) is 20.9. The van der Waals surface area contributed by atoms with Crippen molar-refractivity contribution in [3.63, 3.8) is 0 Å². The second-order valence-corrected chi connectivity index (χ2v) is 8.14. The summed E-state index contributed by atoms with van der Waals surface area (Å²) in [5, 5.41) is 12.2. The first-order chi connectivity index (χ1) is 16.5. The van der Waals surface area contributed by atoms with Crippen molar-refractivity contribution in [3.05, 3.63) is 107 Å². The lowest BCUT2D eigenvalue weighted by Gasteiger charge is -2.26. The Labute approximate surface area is 197 Å². The molecule has 2 aromatic carbocycles. The number of allylic oxidation sites excluding steroid dienone is 4. The number of nitrogens with two attached hydrogens (primary N) is 1. The first-order valence-corrected chi connectivity index (χ1v) is 10.9. The molecule has 2 aromatic rings. The molecule has 2 heterocycles. The maximum atomic E-state index is 11.9. The van der Waals surface area contributed by atoms with Crippen molar-refractivity contribution < 1.29 is 19.2 Å². The fourth-order valence-electron chi connectivity index (χ4n) is 3.83. The van der Waals surface area contributed by atoms with Crippen LogP contribution in [0.3, 0.4) is 0 Å². The SMILES string of the molecule is CC(O)C(=O)Nc1ccccc1COc1cccc(C2=NC(C3=CC=C3)=C3C=NC=C[N+]23N)c1. The summed E-state index contributed by atoms with van der Waals surface area (Å²) >= 11 is 0. The molecular weight excluding hydrogens is 430 g/mol. The number of amides is 1. The van der Waals surface area contributed by atoms with Crippen molar-refractivity contribution in [1.29, 1.82) is 0 Å². The zero-order valence-corrected chi connectivity index (χ0v) is 18.6. The number of hydrogen-bond donors (Lipinski definition) is 3. The van der Waals surface area contributed by atoms with Crippen molar-refractivity contribution >= 4 is 23.6 Å². The van der Waals surface area contributed by atoms with E-state index < -0.39 is 12.0 Å². The molecular formula is C26H24N5O3+. The third-order valence-corrected chi connectivity index (χ3v) is 5.76. The maximum Gasteiger partial charge on any atom is 0.265 e. The van der Waals surface area contributed by atoms with Crippen molar-refractivity contribution in [1.82, 2.24) is 0 Å². The third-order valence-electron chi connectivity index (χ3n) is 5.76. The quantitative estimate of drug-likeness (QED) is 0.440. The number of nitrogens with zero attached hydrogens (tertiary/aromatic N) is 3. The Balaban J connectivity index is 1.38. The van der Waals surface area contributed by atoms with Gasteiger partial charge in [0.05, 0.1) is 18.0 Å². The van der Waals surface area contributed by atoms with Crippen LogP contribution in [0.4, 0.5) is 5.69 Å². The number of benzene rings is 2. The number of hydrogen-bond acceptors (Lipinski definition) is 6. The number of ether oxygens (including phenoxy) is 1. The molecule has 0 radical (unpaired) electrons. The van der Waals surface area contributed by atoms with E-state index in [0.717, 1.165) is 28.1 Å². The first kappa shape index (κ1) is 21.7. The number of fused-ring (bicyclic) bond motifs is 1. The van der Waals surface area contributed by atoms with Crippen LogP contribution in [-0.4, -0.2) is 33.8 Å². The molecule has 0 saturated carbocycles. The number of carbonyl (C=O) groups is 1. The minimum absolute atomic E-state index is 0.0678. The van der Waals surface area contributed by atoms with Crippen LogP contribution in [0, 0.1) is 0 Å². The Morgan fingerprint density at radius 1 is 1.24 bits per heavy atom. The number of carbonyl (C=O) groups excluding carboxylic acids is 1. The summed E-state index contributed by atoms with van der Waals surface area (Å²) in [4.78, 5) is 21.0. The summed E-state index contributed by atoms with van der Waals surface area (Å²) in [7, 11) is 0. The number of anilines is 1. The second-order valence-electron chi connectivity index (χ2n) is 8.14. The smallest absolute Gasteiger partial charge is 0.265 e. The van der Waals surface area contributed by atoms with Gasteiger partial charge in [-0.05, 0) is 31.2 Å². The summed E-state index contributed by atoms with van der Waals surface area (Å²) in [6.45, 7) is 1.65. The number of nitrogens with one attached hydrogen (secondary N) is 1. The van der Waals surface area contributed by atoms with Crippen LogP contribution in [0.1, 0.15) is 18.1 Å². The average Bonchev–Trinajstić information content (AvgIpc) is 3.10. The van der Waals surface area contributed by atoms with Gasteiger partial charge in [-0.2, -0.15) is 10.8 Å². The monoisotopic (exact) mass is 454 g/mol. The summed E-state index contributed by atoms with van der Waals surface area (Å²) in [5.41, 5.74) is 4.83. The topological polar surface area (TPSA) is 109 Å². The van der Waals surface area contributed by atoms with Gasteiger partial charge < -0.3 is 15.2 Å². The third kappa shape index (κ3) is 3.90. The number of aliphatic imine (C=N–C) groups is 2. The van der Waals surface area contributed by atoms with E-state index in [0.29, 0.717) is 17.3 Å². The Kier molecular flexibility index (Phi) is 5.54. The average molecular weight is 455 g/mol. The Bertz CT molecular complexity index is 1350. The van der Waals surface area contributed by atoms with Gasteiger partial charge in [-0.1, -0.05) is 42.5 Å². The molecule has 170 valence electrons. The molecule has 0 spiro atoms. The summed E-state index contributed by atoms with van der Waals surface area (Å²) in [6.07, 6.45) is 10.1. The summed E-state index contributed by atoms with van der Waals surface area (Å²) in [5.74, 6) is 7.60. The van der Waals surface area contributed by atoms with E-state index in [1.54, 1.807) is 24.7 Å². The fourth-order valence-corrected chi connectivity index (χ4v) is 3.83. The van der Waals surface area contributed by atoms with E-state index in [2.05, 4.69) is 10.3 Å². The minimum Gasteiger partial charge on any atom is -0.489 e. The number of amidine groups is 1. The van der Waals surface area contributed by atoms with Gasteiger partial charge in [0.15, 0.2) is 0 Å². The highest BCUT2D eigenvalue weighted by Crippen LogP contribution is 2.36. The molecule has 1 amide bonds. The van der Waals surface area contributed by atoms with Gasteiger partial charge in [0.25, 0.3) is 11.7 Å². The van der Waals surface area contributed by atoms with Gasteiger partial charge in [0.2, 0.25) is 5.70 Å². The van der Waals surface area contributed by atoms with Crippen LogP contribution >= 0.6 is 0 Å². The molecule has 0 saturated heterocycles. The molecule has 34 heavy (non-hydrogen) atoms. The number of aliphatic hydroxyl groups excluding tert-OH is 1. The van der Waals surface area contributed by atoms with E-state index >= 15 is 0 Å². The number of rotatable bonds is 7. The highest BCUT2D eigenvalue weighted by atomic mass is 16.5. The Hall–Kier alpha value is -4.11. The largest absolute Gasteiger partial charge is 0.489 e. The van der Waals surface area contributed by atoms with E-state index in [1.807, 2.05) is 60.7 Å². The lowest BCUT2D eigenvalue weighted by atomic mass is 10.0. The second kappa shape index (κ2) is 8.68. The summed E-state index contributed by atoms with van der Waals surface area (Å²) < 4.78 is 5.99. The highest BCUT2D eigenvalue weighted by molar-refractivity contribution is 6.01. The molecule has 2 unspecified atom stereocenters. The van der Waals surface area contributed by atoms with Gasteiger partial charge in [0.1, 0.15) is 30.4 Å². The molecule has 5 rings (SSSR count). The lowest BCUT2D eigenvalue weighted by molar-refractivity contribution is -0.750. The standard InChI is InChI=1S/C26H23N5O3/c1-17(32)26(33)29-22-11-3-2-6-20(22)16-34-21-10-5-9-19(14-21)25-30-24(18-7-4-8-18)23-15-28-12-13-31(23,25)27/h2-15,17,32H,16,27H2,1H3/p+1. The summed E-state index contributed by atoms with van der Waals surface area (Å²) in [6, 6.07) is 14.9. The predicted molar refractivity (Wildman–Crippen MR) is 130 cm³/mol. The molecule has 0 aromatic heterocycles. The van der Waals surface area contributed by atoms with Crippen molar-refractivity contribution in [2.45, 2.75) is 19.6 Å². The van der Waals surface area contributed by atoms with Gasteiger partial charge in [-0.25, -0.2) is 0 Å². The predicted octanol–water partition coefficient (Wildman–Crippen LogP) is 3.30. The van der Waals surface area contributed by atoms with Gasteiger partial charge in [-0.15, -0.1) is 4.59 Å². The van der Waals surface area contributed by atoms with Crippen LogP contribution in [0.15, 0.2) is 106 Å². The molecule has 0 bridgehead atoms. The van der Waals surface area contributed by atoms with Crippen LogP contribution in [0.25, 0.3) is 0 Å². The van der Waals surface area contributed by atoms with E-state index in [9.17, 15) is 9.90 Å². The van der Waals surface area contributed by atoms with Gasteiger partial charge in [0, 0.05) is 16.8 Å². The first-order valence-electron chi connectivity index (χ1n) is 10.9. The molecule has 8 heteroatoms. The van der Waals surface area contributed by atoms with E-state index in [4.69, 9.17) is 15.6 Å². The van der Waals surface area contributed by atoms with Crippen LogP contribution in [-0.2, 0) is 11.4 Å². The molecule has 0 fully saturated rings. The van der Waals surface area contributed by atoms with Gasteiger partial charge >= 0.3 is 0 Å². The van der Waals surface area contributed by atoms with Crippen molar-refractivity contribution in [3.8, 4) is 5.75 Å². The van der Waals surface area contributed by atoms with Crippen molar-refractivity contribution in [2.24, 2.45) is 15.8 Å². The van der Waals surface area contributed by atoms with Crippen LogP contribution < -0.4 is 15.9 Å². The number of aliphatic hydroxyl groups is 1. The fraction of sp³-hybridized carbons (Fsp3) is 0.115. The number of para-hydroxylation sites is 1. The van der Waals surface area contributed by atoms with Crippen LogP contribution in [0.2, 0.25) is 0 Å². The molecule has 4 N–H and O–H groups in total. The van der Waals surface area contributed by atoms with Gasteiger partial charge in [-0.3, -0.25) is 9.79 Å². The molecule has 2 aliphatic heterocycles. The number of quaternary nitrogens is 1. The zero-order chi connectivity index (χ0) is 23.7. The Morgan fingerprint density at radius 3 is 2.82 bits per heavy atom. The highest BCUT2D eigenvalue weighted by Gasteiger charge is 2.44. The maximum absolute atomic E-state index is 11.9. The molecule has 3 aliphatic rings. The zero-order valence-electron chi connectivity index (χ0n) is 18.6. The lowest BCUT2D eigenvalue weighted by Crippen LogP contribution is -2.53. The minimum atomic E-state index is -1.10. The van der Waals surface area contributed by atoms with E-state index in [-0.39, 0.29) is 11.2 Å². The molecule has 2 atom stereocenters. The molecule has 1 aliphatic carbocycles. The van der Waals surface area contributed by atoms with Crippen molar-refractivity contribution in [2.75, 3.05) is 5.32 Å².